The van der Waals surface area contributed by atoms with Gasteiger partial charge in [0.05, 0.1) is 0 Å². The first-order chi connectivity index (χ1) is 9.29. The van der Waals surface area contributed by atoms with Crippen LogP contribution >= 0.6 is 0 Å². The maximum absolute atomic E-state index is 5.86. The molecule has 100 valence electrons. The van der Waals surface area contributed by atoms with Crippen molar-refractivity contribution < 1.29 is 4.74 Å². The summed E-state index contributed by atoms with van der Waals surface area (Å²) in [6, 6.07) is 18.2. The lowest BCUT2D eigenvalue weighted by atomic mass is 9.98. The Kier molecular flexibility index (Phi) is 4.99. The first-order valence-electron chi connectivity index (χ1n) is 6.77. The van der Waals surface area contributed by atoms with Crippen LogP contribution in [0, 0.1) is 0 Å². The maximum Gasteiger partial charge on any atom is 0.127 e. The lowest BCUT2D eigenvalue weighted by Crippen LogP contribution is -2.10. The lowest BCUT2D eigenvalue weighted by Gasteiger charge is -2.13. The molecule has 0 saturated carbocycles. The molecule has 1 atom stereocenters. The molecule has 0 fully saturated rings. The summed E-state index contributed by atoms with van der Waals surface area (Å²) in [4.78, 5) is 0. The van der Waals surface area contributed by atoms with Gasteiger partial charge in [0, 0.05) is 0 Å². The molecule has 19 heavy (non-hydrogen) atoms. The van der Waals surface area contributed by atoms with E-state index >= 15 is 0 Å². The Morgan fingerprint density at radius 3 is 2.47 bits per heavy atom. The third-order valence-electron chi connectivity index (χ3n) is 3.23. The van der Waals surface area contributed by atoms with E-state index in [0.29, 0.717) is 5.92 Å². The molecule has 2 heteroatoms. The summed E-state index contributed by atoms with van der Waals surface area (Å²) < 4.78 is 5.86. The van der Waals surface area contributed by atoms with Crippen molar-refractivity contribution in [2.24, 2.45) is 0 Å². The standard InChI is InChI=1S/C17H21NO/c1-14(11-12-18-2)15-7-6-10-17(13-15)19-16-8-4-3-5-9-16/h3-10,13-14,18H,11-12H2,1-2H3. The first kappa shape index (κ1) is 13.6. The van der Waals surface area contributed by atoms with E-state index in [9.17, 15) is 0 Å². The van der Waals surface area contributed by atoms with Crippen LogP contribution in [0.1, 0.15) is 24.8 Å². The first-order valence-corrected chi connectivity index (χ1v) is 6.77. The summed E-state index contributed by atoms with van der Waals surface area (Å²) in [5.74, 6) is 2.31. The van der Waals surface area contributed by atoms with Crippen LogP contribution in [-0.2, 0) is 0 Å². The average Bonchev–Trinajstić information content (AvgIpc) is 2.46. The molecule has 0 aliphatic heterocycles. The Morgan fingerprint density at radius 1 is 1.00 bits per heavy atom. The smallest absolute Gasteiger partial charge is 0.127 e. The lowest BCUT2D eigenvalue weighted by molar-refractivity contribution is 0.481. The molecule has 1 unspecified atom stereocenters. The third kappa shape index (κ3) is 4.11. The van der Waals surface area contributed by atoms with Gasteiger partial charge < -0.3 is 10.1 Å². The monoisotopic (exact) mass is 255 g/mol. The van der Waals surface area contributed by atoms with E-state index in [1.165, 1.54) is 5.56 Å². The summed E-state index contributed by atoms with van der Waals surface area (Å²) in [7, 11) is 1.99. The van der Waals surface area contributed by atoms with Crippen LogP contribution in [0.3, 0.4) is 0 Å². The Labute approximate surface area is 115 Å². The van der Waals surface area contributed by atoms with Gasteiger partial charge in [0.25, 0.3) is 0 Å². The second-order valence-electron chi connectivity index (χ2n) is 4.78. The highest BCUT2D eigenvalue weighted by Gasteiger charge is 2.06. The Bertz CT molecular complexity index is 496. The number of hydrogen-bond donors (Lipinski definition) is 1. The van der Waals surface area contributed by atoms with Crippen molar-refractivity contribution in [3.8, 4) is 11.5 Å². The molecule has 0 bridgehead atoms. The third-order valence-corrected chi connectivity index (χ3v) is 3.23. The van der Waals surface area contributed by atoms with Crippen LogP contribution in [-0.4, -0.2) is 13.6 Å². The SMILES string of the molecule is CNCCC(C)c1cccc(Oc2ccccc2)c1. The van der Waals surface area contributed by atoms with Crippen molar-refractivity contribution in [3.63, 3.8) is 0 Å². The molecule has 2 aromatic rings. The zero-order valence-corrected chi connectivity index (χ0v) is 11.6. The van der Waals surface area contributed by atoms with Crippen molar-refractivity contribution in [1.82, 2.24) is 5.32 Å². The van der Waals surface area contributed by atoms with Gasteiger partial charge in [0.1, 0.15) is 11.5 Å². The van der Waals surface area contributed by atoms with E-state index in [-0.39, 0.29) is 0 Å². The summed E-state index contributed by atoms with van der Waals surface area (Å²) >= 11 is 0. The van der Waals surface area contributed by atoms with Crippen LogP contribution in [0.4, 0.5) is 0 Å². The summed E-state index contributed by atoms with van der Waals surface area (Å²) in [5.41, 5.74) is 1.32. The number of rotatable bonds is 6. The van der Waals surface area contributed by atoms with Gasteiger partial charge in [-0.3, -0.25) is 0 Å². The fourth-order valence-corrected chi connectivity index (χ4v) is 2.04. The Morgan fingerprint density at radius 2 is 1.74 bits per heavy atom. The number of para-hydroxylation sites is 1. The van der Waals surface area contributed by atoms with Crippen molar-refractivity contribution in [1.29, 1.82) is 0 Å². The van der Waals surface area contributed by atoms with E-state index in [1.54, 1.807) is 0 Å². The van der Waals surface area contributed by atoms with Crippen LogP contribution in [0.5, 0.6) is 11.5 Å². The molecule has 0 spiro atoms. The average molecular weight is 255 g/mol. The number of nitrogens with one attached hydrogen (secondary N) is 1. The molecule has 2 aromatic carbocycles. The molecule has 0 aliphatic carbocycles. The normalized spacial score (nSPS) is 12.1. The largest absolute Gasteiger partial charge is 0.457 e. The summed E-state index contributed by atoms with van der Waals surface area (Å²) in [5, 5.41) is 3.19. The topological polar surface area (TPSA) is 21.3 Å². The molecule has 1 N–H and O–H groups in total. The zero-order chi connectivity index (χ0) is 13.5. The van der Waals surface area contributed by atoms with E-state index in [1.807, 2.05) is 43.4 Å². The molecular weight excluding hydrogens is 234 g/mol. The Hall–Kier alpha value is -1.80. The van der Waals surface area contributed by atoms with Gasteiger partial charge in [-0.05, 0) is 55.8 Å². The minimum Gasteiger partial charge on any atom is -0.457 e. The van der Waals surface area contributed by atoms with E-state index in [0.717, 1.165) is 24.5 Å². The van der Waals surface area contributed by atoms with Crippen molar-refractivity contribution in [2.75, 3.05) is 13.6 Å². The number of ether oxygens (including phenoxy) is 1. The quantitative estimate of drug-likeness (QED) is 0.835. The number of hydrogen-bond acceptors (Lipinski definition) is 2. The highest BCUT2D eigenvalue weighted by molar-refractivity contribution is 5.35. The molecule has 0 aromatic heterocycles. The minimum absolute atomic E-state index is 0.534. The molecule has 2 nitrogen and oxygen atoms in total. The molecule has 0 amide bonds. The van der Waals surface area contributed by atoms with Gasteiger partial charge in [-0.2, -0.15) is 0 Å². The summed E-state index contributed by atoms with van der Waals surface area (Å²) in [6.45, 7) is 3.28. The highest BCUT2D eigenvalue weighted by Crippen LogP contribution is 2.26. The second kappa shape index (κ2) is 6.95. The molecule has 0 radical (unpaired) electrons. The highest BCUT2D eigenvalue weighted by atomic mass is 16.5. The molecule has 0 aliphatic rings. The van der Waals surface area contributed by atoms with Gasteiger partial charge in [0.2, 0.25) is 0 Å². The van der Waals surface area contributed by atoms with Gasteiger partial charge in [-0.1, -0.05) is 37.3 Å². The minimum atomic E-state index is 0.534. The van der Waals surface area contributed by atoms with Crippen LogP contribution < -0.4 is 10.1 Å². The van der Waals surface area contributed by atoms with E-state index in [2.05, 4.69) is 30.4 Å². The van der Waals surface area contributed by atoms with Gasteiger partial charge >= 0.3 is 0 Å². The fourth-order valence-electron chi connectivity index (χ4n) is 2.04. The molecule has 2 rings (SSSR count). The zero-order valence-electron chi connectivity index (χ0n) is 11.6. The predicted molar refractivity (Wildman–Crippen MR) is 79.9 cm³/mol. The van der Waals surface area contributed by atoms with E-state index in [4.69, 9.17) is 4.74 Å². The molecular formula is C17H21NO. The van der Waals surface area contributed by atoms with Crippen molar-refractivity contribution >= 4 is 0 Å². The van der Waals surface area contributed by atoms with Crippen molar-refractivity contribution in [3.05, 3.63) is 60.2 Å². The fraction of sp³-hybridized carbons (Fsp3) is 0.294. The summed E-state index contributed by atoms with van der Waals surface area (Å²) in [6.07, 6.45) is 1.13. The maximum atomic E-state index is 5.86. The van der Waals surface area contributed by atoms with Crippen LogP contribution in [0.2, 0.25) is 0 Å². The van der Waals surface area contributed by atoms with E-state index < -0.39 is 0 Å². The van der Waals surface area contributed by atoms with Crippen LogP contribution in [0.25, 0.3) is 0 Å². The van der Waals surface area contributed by atoms with Gasteiger partial charge in [-0.25, -0.2) is 0 Å². The van der Waals surface area contributed by atoms with Crippen LogP contribution in [0.15, 0.2) is 54.6 Å². The Balaban J connectivity index is 2.06. The predicted octanol–water partition coefficient (Wildman–Crippen LogP) is 4.19. The molecule has 0 heterocycles. The van der Waals surface area contributed by atoms with Gasteiger partial charge in [0.15, 0.2) is 0 Å². The molecule has 0 saturated heterocycles. The number of benzene rings is 2. The van der Waals surface area contributed by atoms with Crippen molar-refractivity contribution in [2.45, 2.75) is 19.3 Å². The van der Waals surface area contributed by atoms with Gasteiger partial charge in [-0.15, -0.1) is 0 Å². The second-order valence-corrected chi connectivity index (χ2v) is 4.78.